The Labute approximate surface area is 177 Å². The molecule has 0 radical (unpaired) electrons. The van der Waals surface area contributed by atoms with Gasteiger partial charge < -0.3 is 5.32 Å². The van der Waals surface area contributed by atoms with Crippen LogP contribution >= 0.6 is 11.6 Å². The van der Waals surface area contributed by atoms with Gasteiger partial charge in [-0.25, -0.2) is 13.1 Å². The lowest BCUT2D eigenvalue weighted by Gasteiger charge is -2.22. The molecule has 1 amide bonds. The van der Waals surface area contributed by atoms with Crippen LogP contribution < -0.4 is 10.0 Å². The summed E-state index contributed by atoms with van der Waals surface area (Å²) in [6.45, 7) is 0. The van der Waals surface area contributed by atoms with Crippen LogP contribution in [0.25, 0.3) is 0 Å². The van der Waals surface area contributed by atoms with Gasteiger partial charge in [-0.1, -0.05) is 37.3 Å². The van der Waals surface area contributed by atoms with E-state index in [0.29, 0.717) is 12.3 Å². The fourth-order valence-corrected chi connectivity index (χ4v) is 4.83. The summed E-state index contributed by atoms with van der Waals surface area (Å²) in [5.74, 6) is 0.230. The van der Waals surface area contributed by atoms with E-state index < -0.39 is 10.0 Å². The van der Waals surface area contributed by atoms with E-state index in [1.807, 2.05) is 12.1 Å². The van der Waals surface area contributed by atoms with Crippen molar-refractivity contribution in [2.45, 2.75) is 49.5 Å². The van der Waals surface area contributed by atoms with Crippen molar-refractivity contribution in [1.29, 1.82) is 0 Å². The third-order valence-electron chi connectivity index (χ3n) is 5.42. The summed E-state index contributed by atoms with van der Waals surface area (Å²) >= 11 is 6.21. The minimum absolute atomic E-state index is 0.0102. The van der Waals surface area contributed by atoms with Gasteiger partial charge >= 0.3 is 0 Å². The zero-order valence-corrected chi connectivity index (χ0v) is 18.0. The summed E-state index contributed by atoms with van der Waals surface area (Å²) in [7, 11) is -2.33. The van der Waals surface area contributed by atoms with E-state index in [1.165, 1.54) is 50.9 Å². The van der Waals surface area contributed by atoms with E-state index in [1.54, 1.807) is 12.4 Å². The maximum atomic E-state index is 13.0. The highest BCUT2D eigenvalue weighted by Crippen LogP contribution is 2.29. The molecule has 1 aromatic carbocycles. The number of halogens is 1. The highest BCUT2D eigenvalue weighted by Gasteiger charge is 2.24. The molecular weight excluding hydrogens is 410 g/mol. The summed E-state index contributed by atoms with van der Waals surface area (Å²) in [5, 5.41) is 3.31. The number of hydrogen-bond donors (Lipinski definition) is 2. The number of sulfonamides is 1. The van der Waals surface area contributed by atoms with Crippen molar-refractivity contribution in [1.82, 2.24) is 15.0 Å². The summed E-state index contributed by atoms with van der Waals surface area (Å²) in [5.41, 5.74) is 1.26. The molecule has 3 rings (SSSR count). The SMILES string of the molecule is CNS(=O)(=O)c1ccc(Cl)c(C(=O)NC(Cc2ccncc2)CC2CCCC2)c1. The van der Waals surface area contributed by atoms with Gasteiger partial charge in [0.15, 0.2) is 0 Å². The fraction of sp³-hybridized carbons (Fsp3) is 0.429. The van der Waals surface area contributed by atoms with E-state index in [4.69, 9.17) is 11.6 Å². The fourth-order valence-electron chi connectivity index (χ4n) is 3.87. The smallest absolute Gasteiger partial charge is 0.253 e. The van der Waals surface area contributed by atoms with E-state index in [9.17, 15) is 13.2 Å². The monoisotopic (exact) mass is 435 g/mol. The largest absolute Gasteiger partial charge is 0.349 e. The number of nitrogens with one attached hydrogen (secondary N) is 2. The Bertz CT molecular complexity index is 945. The predicted octanol–water partition coefficient (Wildman–Crippen LogP) is 3.56. The topological polar surface area (TPSA) is 88.2 Å². The normalized spacial score (nSPS) is 15.9. The molecule has 1 atom stereocenters. The van der Waals surface area contributed by atoms with Crippen molar-refractivity contribution < 1.29 is 13.2 Å². The number of hydrogen-bond acceptors (Lipinski definition) is 4. The van der Waals surface area contributed by atoms with Crippen LogP contribution in [-0.4, -0.2) is 32.4 Å². The van der Waals surface area contributed by atoms with E-state index in [2.05, 4.69) is 15.0 Å². The molecule has 1 aliphatic carbocycles. The molecule has 0 bridgehead atoms. The first-order valence-electron chi connectivity index (χ1n) is 9.82. The molecule has 0 spiro atoms. The van der Waals surface area contributed by atoms with Crippen molar-refractivity contribution in [2.75, 3.05) is 7.05 Å². The van der Waals surface area contributed by atoms with Crippen LogP contribution in [0.5, 0.6) is 0 Å². The second-order valence-corrected chi connectivity index (χ2v) is 9.76. The maximum absolute atomic E-state index is 13.0. The van der Waals surface area contributed by atoms with Crippen molar-refractivity contribution in [3.8, 4) is 0 Å². The third kappa shape index (κ3) is 5.78. The Morgan fingerprint density at radius 2 is 1.90 bits per heavy atom. The van der Waals surface area contributed by atoms with Crippen LogP contribution in [-0.2, 0) is 16.4 Å². The molecule has 2 N–H and O–H groups in total. The first kappa shape index (κ1) is 21.7. The van der Waals surface area contributed by atoms with Gasteiger partial charge in [-0.15, -0.1) is 0 Å². The Hall–Kier alpha value is -1.96. The molecule has 1 saturated carbocycles. The van der Waals surface area contributed by atoms with Crippen molar-refractivity contribution >= 4 is 27.5 Å². The van der Waals surface area contributed by atoms with Crippen LogP contribution in [0, 0.1) is 5.92 Å². The van der Waals surface area contributed by atoms with Gasteiger partial charge in [-0.3, -0.25) is 9.78 Å². The number of aromatic nitrogens is 1. The van der Waals surface area contributed by atoms with Crippen LogP contribution in [0.4, 0.5) is 0 Å². The van der Waals surface area contributed by atoms with Crippen LogP contribution in [0.2, 0.25) is 5.02 Å². The molecule has 156 valence electrons. The molecule has 1 unspecified atom stereocenters. The minimum Gasteiger partial charge on any atom is -0.349 e. The second kappa shape index (κ2) is 9.69. The van der Waals surface area contributed by atoms with Gasteiger partial charge in [0, 0.05) is 18.4 Å². The Morgan fingerprint density at radius 1 is 1.21 bits per heavy atom. The third-order valence-corrected chi connectivity index (χ3v) is 7.16. The van der Waals surface area contributed by atoms with E-state index >= 15 is 0 Å². The van der Waals surface area contributed by atoms with Gasteiger partial charge in [-0.05, 0) is 61.7 Å². The highest BCUT2D eigenvalue weighted by molar-refractivity contribution is 7.89. The molecule has 29 heavy (non-hydrogen) atoms. The quantitative estimate of drug-likeness (QED) is 0.663. The lowest BCUT2D eigenvalue weighted by molar-refractivity contribution is 0.0931. The predicted molar refractivity (Wildman–Crippen MR) is 113 cm³/mol. The number of nitrogens with zero attached hydrogens (tertiary/aromatic N) is 1. The van der Waals surface area contributed by atoms with E-state index in [0.717, 1.165) is 12.0 Å². The van der Waals surface area contributed by atoms with Gasteiger partial charge in [-0.2, -0.15) is 0 Å². The molecule has 0 saturated heterocycles. The first-order valence-corrected chi connectivity index (χ1v) is 11.7. The summed E-state index contributed by atoms with van der Waals surface area (Å²) in [6, 6.07) is 7.98. The van der Waals surface area contributed by atoms with Crippen molar-refractivity contribution in [3.05, 3.63) is 58.9 Å². The molecule has 1 heterocycles. The summed E-state index contributed by atoms with van der Waals surface area (Å²) < 4.78 is 26.4. The summed E-state index contributed by atoms with van der Waals surface area (Å²) in [6.07, 6.45) is 9.89. The number of carbonyl (C=O) groups excluding carboxylic acids is 1. The maximum Gasteiger partial charge on any atom is 0.253 e. The Morgan fingerprint density at radius 3 is 2.55 bits per heavy atom. The zero-order valence-electron chi connectivity index (χ0n) is 16.4. The second-order valence-electron chi connectivity index (χ2n) is 7.47. The number of benzene rings is 1. The number of rotatable bonds is 8. The van der Waals surface area contributed by atoms with E-state index in [-0.39, 0.29) is 27.4 Å². The summed E-state index contributed by atoms with van der Waals surface area (Å²) in [4.78, 5) is 17.0. The highest BCUT2D eigenvalue weighted by atomic mass is 35.5. The molecule has 1 aliphatic rings. The Balaban J connectivity index is 1.80. The molecule has 8 heteroatoms. The van der Waals surface area contributed by atoms with Gasteiger partial charge in [0.05, 0.1) is 15.5 Å². The lowest BCUT2D eigenvalue weighted by atomic mass is 9.94. The Kier molecular flexibility index (Phi) is 7.27. The zero-order chi connectivity index (χ0) is 20.9. The van der Waals surface area contributed by atoms with Crippen LogP contribution in [0.1, 0.15) is 48.0 Å². The molecule has 1 fully saturated rings. The first-order chi connectivity index (χ1) is 13.9. The molecule has 0 aliphatic heterocycles. The van der Waals surface area contributed by atoms with Gasteiger partial charge in [0.2, 0.25) is 10.0 Å². The molecular formula is C21H26ClN3O3S. The molecule has 2 aromatic rings. The minimum atomic E-state index is -3.66. The lowest BCUT2D eigenvalue weighted by Crippen LogP contribution is -2.38. The van der Waals surface area contributed by atoms with Gasteiger partial charge in [0.25, 0.3) is 5.91 Å². The van der Waals surface area contributed by atoms with Crippen molar-refractivity contribution in [3.63, 3.8) is 0 Å². The molecule has 6 nitrogen and oxygen atoms in total. The van der Waals surface area contributed by atoms with Crippen LogP contribution in [0.3, 0.4) is 0 Å². The van der Waals surface area contributed by atoms with Crippen LogP contribution in [0.15, 0.2) is 47.6 Å². The molecule has 1 aromatic heterocycles. The van der Waals surface area contributed by atoms with Crippen molar-refractivity contribution in [2.24, 2.45) is 5.92 Å². The average Bonchev–Trinajstić information content (AvgIpc) is 3.21. The standard InChI is InChI=1S/C21H26ClN3O3S/c1-23-29(27,28)18-6-7-20(22)19(14-18)21(26)25-17(12-15-4-2-3-5-15)13-16-8-10-24-11-9-16/h6-11,14-15,17,23H,2-5,12-13H2,1H3,(H,25,26). The number of carbonyl (C=O) groups is 1. The number of amides is 1. The van der Waals surface area contributed by atoms with Gasteiger partial charge in [0.1, 0.15) is 0 Å². The average molecular weight is 436 g/mol. The number of pyridine rings is 1.